The van der Waals surface area contributed by atoms with E-state index in [1.807, 2.05) is 24.3 Å². The minimum absolute atomic E-state index is 0.0322. The zero-order chi connectivity index (χ0) is 14.4. The fourth-order valence-electron chi connectivity index (χ4n) is 1.76. The third-order valence-corrected chi connectivity index (χ3v) is 3.34. The van der Waals surface area contributed by atoms with E-state index in [2.05, 4.69) is 5.32 Å². The molecule has 1 aliphatic rings. The molecule has 0 aromatic heterocycles. The molecule has 2 amide bonds. The van der Waals surface area contributed by atoms with Crippen molar-refractivity contribution in [1.82, 2.24) is 10.2 Å². The number of likely N-dealkylation sites (N-methyl/N-ethyl adjacent to an activating group) is 1. The highest BCUT2D eigenvalue weighted by atomic mass is 16.5. The van der Waals surface area contributed by atoms with Crippen LogP contribution in [-0.2, 0) is 0 Å². The minimum Gasteiger partial charge on any atom is -0.497 e. The first-order valence-corrected chi connectivity index (χ1v) is 6.95. The molecule has 1 aromatic carbocycles. The Morgan fingerprint density at radius 2 is 1.95 bits per heavy atom. The van der Waals surface area contributed by atoms with Gasteiger partial charge in [0.25, 0.3) is 0 Å². The Morgan fingerprint density at radius 1 is 1.30 bits per heavy atom. The molecule has 1 fully saturated rings. The average Bonchev–Trinajstić information content (AvgIpc) is 3.29. The summed E-state index contributed by atoms with van der Waals surface area (Å²) < 4.78 is 10.7. The molecule has 5 heteroatoms. The number of hydrogen-bond donors (Lipinski definition) is 1. The van der Waals surface area contributed by atoms with Crippen LogP contribution in [0.25, 0.3) is 0 Å². The number of methoxy groups -OCH3 is 1. The van der Waals surface area contributed by atoms with Crippen molar-refractivity contribution >= 4 is 6.03 Å². The largest absolute Gasteiger partial charge is 0.497 e. The summed E-state index contributed by atoms with van der Waals surface area (Å²) in [6, 6.07) is 7.37. The Balaban J connectivity index is 1.64. The van der Waals surface area contributed by atoms with Gasteiger partial charge in [-0.15, -0.1) is 0 Å². The summed E-state index contributed by atoms with van der Waals surface area (Å²) in [7, 11) is 3.41. The van der Waals surface area contributed by atoms with Crippen LogP contribution in [0, 0.1) is 5.92 Å². The molecule has 2 rings (SSSR count). The molecule has 0 heterocycles. The molecule has 0 unspecified atom stereocenters. The van der Waals surface area contributed by atoms with Crippen LogP contribution in [0.1, 0.15) is 12.8 Å². The molecule has 0 atom stereocenters. The first-order valence-electron chi connectivity index (χ1n) is 6.95. The van der Waals surface area contributed by atoms with Crippen molar-refractivity contribution in [1.29, 1.82) is 0 Å². The molecule has 1 saturated carbocycles. The number of benzene rings is 1. The Bertz CT molecular complexity index is 429. The van der Waals surface area contributed by atoms with E-state index >= 15 is 0 Å². The Kier molecular flexibility index (Phi) is 5.09. The van der Waals surface area contributed by atoms with E-state index in [0.29, 0.717) is 19.1 Å². The number of carbonyl (C=O) groups excluding carboxylic acids is 1. The van der Waals surface area contributed by atoms with Gasteiger partial charge in [0.05, 0.1) is 13.7 Å². The molecule has 0 aliphatic heterocycles. The van der Waals surface area contributed by atoms with Gasteiger partial charge in [0.2, 0.25) is 0 Å². The summed E-state index contributed by atoms with van der Waals surface area (Å²) in [5, 5.41) is 2.92. The maximum Gasteiger partial charge on any atom is 0.317 e. The van der Waals surface area contributed by atoms with Crippen LogP contribution < -0.4 is 14.8 Å². The van der Waals surface area contributed by atoms with Crippen LogP contribution in [0.5, 0.6) is 11.5 Å². The Labute approximate surface area is 119 Å². The zero-order valence-corrected chi connectivity index (χ0v) is 12.1. The SMILES string of the molecule is COc1ccc(OCCN(C)C(=O)NCC2CC2)cc1. The Morgan fingerprint density at radius 3 is 2.55 bits per heavy atom. The highest BCUT2D eigenvalue weighted by Gasteiger charge is 2.22. The second-order valence-corrected chi connectivity index (χ2v) is 5.07. The average molecular weight is 278 g/mol. The van der Waals surface area contributed by atoms with E-state index in [4.69, 9.17) is 9.47 Å². The van der Waals surface area contributed by atoms with E-state index in [1.54, 1.807) is 19.1 Å². The number of ether oxygens (including phenoxy) is 2. The van der Waals surface area contributed by atoms with Crippen molar-refractivity contribution in [2.75, 3.05) is 33.9 Å². The third-order valence-electron chi connectivity index (χ3n) is 3.34. The third kappa shape index (κ3) is 4.64. The van der Waals surface area contributed by atoms with Crippen molar-refractivity contribution in [3.05, 3.63) is 24.3 Å². The van der Waals surface area contributed by atoms with Gasteiger partial charge < -0.3 is 19.7 Å². The van der Waals surface area contributed by atoms with E-state index < -0.39 is 0 Å². The monoisotopic (exact) mass is 278 g/mol. The molecule has 110 valence electrons. The summed E-state index contributed by atoms with van der Waals surface area (Å²) in [4.78, 5) is 13.4. The van der Waals surface area contributed by atoms with Gasteiger partial charge in [-0.2, -0.15) is 0 Å². The van der Waals surface area contributed by atoms with Gasteiger partial charge >= 0.3 is 6.03 Å². The lowest BCUT2D eigenvalue weighted by atomic mass is 10.3. The standard InChI is InChI=1S/C15H22N2O3/c1-17(15(18)16-11-12-3-4-12)9-10-20-14-7-5-13(19-2)6-8-14/h5-8,12H,3-4,9-11H2,1-2H3,(H,16,18). The van der Waals surface area contributed by atoms with Gasteiger partial charge in [0.1, 0.15) is 18.1 Å². The molecule has 1 aromatic rings. The van der Waals surface area contributed by atoms with Gasteiger partial charge in [-0.05, 0) is 43.0 Å². The fourth-order valence-corrected chi connectivity index (χ4v) is 1.76. The van der Waals surface area contributed by atoms with Crippen molar-refractivity contribution < 1.29 is 14.3 Å². The van der Waals surface area contributed by atoms with Gasteiger partial charge in [-0.3, -0.25) is 0 Å². The molecule has 0 saturated heterocycles. The number of amides is 2. The fraction of sp³-hybridized carbons (Fsp3) is 0.533. The maximum atomic E-state index is 11.7. The van der Waals surface area contributed by atoms with Crippen molar-refractivity contribution in [3.63, 3.8) is 0 Å². The Hall–Kier alpha value is -1.91. The molecular formula is C15H22N2O3. The molecule has 0 radical (unpaired) electrons. The minimum atomic E-state index is -0.0322. The number of rotatable bonds is 7. The van der Waals surface area contributed by atoms with Gasteiger partial charge in [-0.1, -0.05) is 0 Å². The van der Waals surface area contributed by atoms with E-state index in [1.165, 1.54) is 12.8 Å². The molecule has 1 aliphatic carbocycles. The smallest absolute Gasteiger partial charge is 0.317 e. The summed E-state index contributed by atoms with van der Waals surface area (Å²) in [6.45, 7) is 1.82. The number of urea groups is 1. The number of nitrogens with zero attached hydrogens (tertiary/aromatic N) is 1. The van der Waals surface area contributed by atoms with Crippen LogP contribution in [0.4, 0.5) is 4.79 Å². The molecule has 0 bridgehead atoms. The van der Waals surface area contributed by atoms with Crippen LogP contribution in [-0.4, -0.2) is 44.8 Å². The molecule has 0 spiro atoms. The number of carbonyl (C=O) groups is 1. The summed E-state index contributed by atoms with van der Waals surface area (Å²) >= 11 is 0. The molecule has 20 heavy (non-hydrogen) atoms. The highest BCUT2D eigenvalue weighted by molar-refractivity contribution is 5.73. The summed E-state index contributed by atoms with van der Waals surface area (Å²) in [6.07, 6.45) is 2.48. The summed E-state index contributed by atoms with van der Waals surface area (Å²) in [5.74, 6) is 2.27. The number of hydrogen-bond acceptors (Lipinski definition) is 3. The van der Waals surface area contributed by atoms with Crippen LogP contribution in [0.15, 0.2) is 24.3 Å². The van der Waals surface area contributed by atoms with Crippen molar-refractivity contribution in [2.45, 2.75) is 12.8 Å². The first kappa shape index (κ1) is 14.5. The first-order chi connectivity index (χ1) is 9.69. The van der Waals surface area contributed by atoms with Crippen molar-refractivity contribution in [2.24, 2.45) is 5.92 Å². The lowest BCUT2D eigenvalue weighted by molar-refractivity contribution is 0.195. The molecular weight excluding hydrogens is 256 g/mol. The molecule has 1 N–H and O–H groups in total. The van der Waals surface area contributed by atoms with E-state index in [0.717, 1.165) is 18.0 Å². The molecule has 5 nitrogen and oxygen atoms in total. The predicted molar refractivity (Wildman–Crippen MR) is 77.2 cm³/mol. The van der Waals surface area contributed by atoms with Gasteiger partial charge in [0, 0.05) is 13.6 Å². The van der Waals surface area contributed by atoms with Gasteiger partial charge in [0.15, 0.2) is 0 Å². The quantitative estimate of drug-likeness (QED) is 0.831. The normalized spacial score (nSPS) is 13.7. The van der Waals surface area contributed by atoms with Crippen LogP contribution >= 0.6 is 0 Å². The lowest BCUT2D eigenvalue weighted by Gasteiger charge is -2.18. The van der Waals surface area contributed by atoms with E-state index in [9.17, 15) is 4.79 Å². The highest BCUT2D eigenvalue weighted by Crippen LogP contribution is 2.27. The second-order valence-electron chi connectivity index (χ2n) is 5.07. The topological polar surface area (TPSA) is 50.8 Å². The van der Waals surface area contributed by atoms with E-state index in [-0.39, 0.29) is 6.03 Å². The predicted octanol–water partition coefficient (Wildman–Crippen LogP) is 2.13. The second kappa shape index (κ2) is 7.03. The summed E-state index contributed by atoms with van der Waals surface area (Å²) in [5.41, 5.74) is 0. The van der Waals surface area contributed by atoms with Crippen LogP contribution in [0.2, 0.25) is 0 Å². The zero-order valence-electron chi connectivity index (χ0n) is 12.1. The van der Waals surface area contributed by atoms with Crippen LogP contribution in [0.3, 0.4) is 0 Å². The van der Waals surface area contributed by atoms with Gasteiger partial charge in [-0.25, -0.2) is 4.79 Å². The maximum absolute atomic E-state index is 11.7. The lowest BCUT2D eigenvalue weighted by Crippen LogP contribution is -2.40. The number of nitrogens with one attached hydrogen (secondary N) is 1. The van der Waals surface area contributed by atoms with Crippen molar-refractivity contribution in [3.8, 4) is 11.5 Å².